The second-order valence-corrected chi connectivity index (χ2v) is 8.27. The van der Waals surface area contributed by atoms with Crippen LogP contribution in [0.5, 0.6) is 0 Å². The number of hydrogen-bond acceptors (Lipinski definition) is 4. The van der Waals surface area contributed by atoms with E-state index in [2.05, 4.69) is 4.13 Å². The highest BCUT2D eigenvalue weighted by Crippen LogP contribution is 2.45. The molecule has 3 rings (SSSR count). The quantitative estimate of drug-likeness (QED) is 0.808. The van der Waals surface area contributed by atoms with Crippen LogP contribution >= 0.6 is 0 Å². The zero-order chi connectivity index (χ0) is 15.4. The molecule has 0 unspecified atom stereocenters. The van der Waals surface area contributed by atoms with E-state index in [1.54, 1.807) is 25.1 Å². The second kappa shape index (κ2) is 4.40. The maximum absolute atomic E-state index is 12.2. The van der Waals surface area contributed by atoms with Crippen LogP contribution in [-0.4, -0.2) is 16.8 Å². The molecule has 21 heavy (non-hydrogen) atoms. The molecular formula is C14H12NO4S2-. The standard InChI is InChI=1S/C14H12NO4S2/c1-9-5-3-4-6-11(9)13-10(2)7-8-12-14(13)21(18,19)15-20(12,16)17/h3-8H,1-2H3/q-1. The van der Waals surface area contributed by atoms with Gasteiger partial charge in [0.05, 0.1) is 9.79 Å². The van der Waals surface area contributed by atoms with Crippen molar-refractivity contribution in [3.05, 3.63) is 51.7 Å². The van der Waals surface area contributed by atoms with Crippen LogP contribution in [0.1, 0.15) is 11.1 Å². The lowest BCUT2D eigenvalue weighted by Crippen LogP contribution is -1.99. The molecule has 0 radical (unpaired) electrons. The van der Waals surface area contributed by atoms with E-state index in [0.717, 1.165) is 5.56 Å². The normalized spacial score (nSPS) is 18.4. The molecule has 0 atom stereocenters. The van der Waals surface area contributed by atoms with Crippen LogP contribution in [0.3, 0.4) is 0 Å². The summed E-state index contributed by atoms with van der Waals surface area (Å²) in [4.78, 5) is -0.455. The molecule has 0 saturated carbocycles. The van der Waals surface area contributed by atoms with Gasteiger partial charge in [-0.1, -0.05) is 30.3 Å². The Morgan fingerprint density at radius 2 is 1.48 bits per heavy atom. The first kappa shape index (κ1) is 14.2. The van der Waals surface area contributed by atoms with E-state index in [-0.39, 0.29) is 9.79 Å². The van der Waals surface area contributed by atoms with Gasteiger partial charge < -0.3 is 4.13 Å². The van der Waals surface area contributed by atoms with Gasteiger partial charge in [-0.2, -0.15) is 0 Å². The lowest BCUT2D eigenvalue weighted by molar-refractivity contribution is 0.603. The Morgan fingerprint density at radius 1 is 0.810 bits per heavy atom. The van der Waals surface area contributed by atoms with Crippen molar-refractivity contribution in [2.24, 2.45) is 0 Å². The Bertz CT molecular complexity index is 960. The van der Waals surface area contributed by atoms with Crippen LogP contribution < -0.4 is 0 Å². The monoisotopic (exact) mass is 322 g/mol. The highest BCUT2D eigenvalue weighted by Gasteiger charge is 2.31. The van der Waals surface area contributed by atoms with E-state index in [4.69, 9.17) is 0 Å². The van der Waals surface area contributed by atoms with E-state index >= 15 is 0 Å². The fraction of sp³-hybridized carbons (Fsp3) is 0.143. The van der Waals surface area contributed by atoms with Crippen LogP contribution in [0.4, 0.5) is 0 Å². The summed E-state index contributed by atoms with van der Waals surface area (Å²) in [5.41, 5.74) is 2.67. The van der Waals surface area contributed by atoms with Crippen molar-refractivity contribution < 1.29 is 16.8 Å². The second-order valence-electron chi connectivity index (χ2n) is 4.92. The lowest BCUT2D eigenvalue weighted by atomic mass is 9.97. The number of benzene rings is 2. The fourth-order valence-corrected chi connectivity index (χ4v) is 6.23. The predicted molar refractivity (Wildman–Crippen MR) is 79.1 cm³/mol. The predicted octanol–water partition coefficient (Wildman–Crippen LogP) is 2.74. The Balaban J connectivity index is 2.51. The highest BCUT2D eigenvalue weighted by molar-refractivity contribution is 8.14. The SMILES string of the molecule is Cc1ccccc1-c1c(C)ccc2c1S(=O)(=O)[N-]S2(=O)=O. The van der Waals surface area contributed by atoms with Gasteiger partial charge in [-0.15, -0.1) is 0 Å². The first-order chi connectivity index (χ1) is 9.74. The van der Waals surface area contributed by atoms with Gasteiger partial charge in [0.1, 0.15) is 20.0 Å². The van der Waals surface area contributed by atoms with Gasteiger partial charge in [0.2, 0.25) is 0 Å². The van der Waals surface area contributed by atoms with Crippen molar-refractivity contribution in [1.29, 1.82) is 0 Å². The summed E-state index contributed by atoms with van der Waals surface area (Å²) in [6.45, 7) is 3.60. The van der Waals surface area contributed by atoms with E-state index in [9.17, 15) is 16.8 Å². The fourth-order valence-electron chi connectivity index (χ4n) is 2.52. The van der Waals surface area contributed by atoms with Gasteiger partial charge in [-0.25, -0.2) is 16.8 Å². The van der Waals surface area contributed by atoms with Gasteiger partial charge in [0, 0.05) is 5.56 Å². The molecule has 0 aliphatic carbocycles. The largest absolute Gasteiger partial charge is 0.427 e. The first-order valence-electron chi connectivity index (χ1n) is 6.18. The minimum absolute atomic E-state index is 0.211. The summed E-state index contributed by atoms with van der Waals surface area (Å²) >= 11 is 0. The summed E-state index contributed by atoms with van der Waals surface area (Å²) in [5.74, 6) is 0. The molecule has 0 bridgehead atoms. The zero-order valence-corrected chi connectivity index (χ0v) is 13.0. The summed E-state index contributed by atoms with van der Waals surface area (Å²) in [6, 6.07) is 10.2. The summed E-state index contributed by atoms with van der Waals surface area (Å²) in [6.07, 6.45) is 0. The van der Waals surface area contributed by atoms with E-state index in [1.807, 2.05) is 19.1 Å². The van der Waals surface area contributed by atoms with Crippen LogP contribution in [0.25, 0.3) is 15.3 Å². The molecule has 2 aromatic carbocycles. The van der Waals surface area contributed by atoms with Crippen molar-refractivity contribution in [3.8, 4) is 11.1 Å². The molecule has 1 heterocycles. The lowest BCUT2D eigenvalue weighted by Gasteiger charge is -2.14. The molecule has 0 N–H and O–H groups in total. The summed E-state index contributed by atoms with van der Waals surface area (Å²) in [5, 5.41) is 0. The molecular weight excluding hydrogens is 310 g/mol. The third kappa shape index (κ3) is 2.08. The Morgan fingerprint density at radius 3 is 2.14 bits per heavy atom. The van der Waals surface area contributed by atoms with Gasteiger partial charge in [0.15, 0.2) is 0 Å². The Labute approximate surface area is 123 Å². The molecule has 110 valence electrons. The molecule has 1 aliphatic heterocycles. The number of fused-ring (bicyclic) bond motifs is 1. The smallest absolute Gasteiger partial charge is 0.114 e. The van der Waals surface area contributed by atoms with Crippen molar-refractivity contribution in [1.82, 2.24) is 0 Å². The molecule has 7 heteroatoms. The average molecular weight is 322 g/mol. The van der Waals surface area contributed by atoms with E-state index < -0.39 is 20.0 Å². The van der Waals surface area contributed by atoms with Gasteiger partial charge in [-0.05, 0) is 36.6 Å². The van der Waals surface area contributed by atoms with Crippen LogP contribution in [0, 0.1) is 13.8 Å². The topological polar surface area (TPSA) is 82.4 Å². The first-order valence-corrected chi connectivity index (χ1v) is 9.06. The highest BCUT2D eigenvalue weighted by atomic mass is 32.3. The third-order valence-corrected chi connectivity index (χ3v) is 7.01. The molecule has 5 nitrogen and oxygen atoms in total. The van der Waals surface area contributed by atoms with Crippen molar-refractivity contribution >= 4 is 20.0 Å². The number of rotatable bonds is 1. The third-order valence-electron chi connectivity index (χ3n) is 3.48. The number of sulfonamides is 2. The minimum Gasteiger partial charge on any atom is -0.427 e. The van der Waals surface area contributed by atoms with E-state index in [1.165, 1.54) is 6.07 Å². The summed E-state index contributed by atoms with van der Waals surface area (Å²) in [7, 11) is -8.33. The van der Waals surface area contributed by atoms with Crippen molar-refractivity contribution in [2.75, 3.05) is 0 Å². The molecule has 0 amide bonds. The number of hydrogen-bond donors (Lipinski definition) is 0. The van der Waals surface area contributed by atoms with Crippen LogP contribution in [0.15, 0.2) is 46.2 Å². The maximum atomic E-state index is 12.2. The summed E-state index contributed by atoms with van der Waals surface area (Å²) < 4.78 is 51.2. The minimum atomic E-state index is -4.19. The molecule has 2 aromatic rings. The number of aryl methyl sites for hydroxylation is 2. The van der Waals surface area contributed by atoms with E-state index in [0.29, 0.717) is 16.7 Å². The zero-order valence-electron chi connectivity index (χ0n) is 11.4. The molecule has 0 fully saturated rings. The van der Waals surface area contributed by atoms with Gasteiger partial charge in [0.25, 0.3) is 0 Å². The molecule has 0 saturated heterocycles. The number of nitrogens with zero attached hydrogens (tertiary/aromatic N) is 1. The van der Waals surface area contributed by atoms with Gasteiger partial charge >= 0.3 is 0 Å². The van der Waals surface area contributed by atoms with Crippen molar-refractivity contribution in [3.63, 3.8) is 0 Å². The molecule has 0 aromatic heterocycles. The maximum Gasteiger partial charge on any atom is 0.114 e. The van der Waals surface area contributed by atoms with Gasteiger partial charge in [-0.3, -0.25) is 0 Å². The average Bonchev–Trinajstić information content (AvgIpc) is 2.56. The van der Waals surface area contributed by atoms with Crippen LogP contribution in [0.2, 0.25) is 0 Å². The molecule has 0 spiro atoms. The Hall–Kier alpha value is -1.70. The Kier molecular flexibility index (Phi) is 2.98. The molecule has 1 aliphatic rings. The van der Waals surface area contributed by atoms with Crippen LogP contribution in [-0.2, 0) is 20.0 Å². The van der Waals surface area contributed by atoms with Crippen molar-refractivity contribution in [2.45, 2.75) is 23.6 Å².